The SMILES string of the molecule is Cc1cc(C#N)ccc1-c1ccc(N2c3ccccc3Oc3ccccc32)cc1. The van der Waals surface area contributed by atoms with Gasteiger partial charge >= 0.3 is 0 Å². The van der Waals surface area contributed by atoms with Crippen LogP contribution in [0.2, 0.25) is 0 Å². The van der Waals surface area contributed by atoms with Crippen molar-refractivity contribution in [1.29, 1.82) is 5.26 Å². The molecule has 29 heavy (non-hydrogen) atoms. The Labute approximate surface area is 170 Å². The topological polar surface area (TPSA) is 36.3 Å². The Morgan fingerprint density at radius 3 is 1.97 bits per heavy atom. The highest BCUT2D eigenvalue weighted by molar-refractivity contribution is 5.86. The summed E-state index contributed by atoms with van der Waals surface area (Å²) in [6.07, 6.45) is 0. The van der Waals surface area contributed by atoms with Crippen LogP contribution in [0.4, 0.5) is 17.1 Å². The predicted molar refractivity (Wildman–Crippen MR) is 116 cm³/mol. The zero-order valence-corrected chi connectivity index (χ0v) is 16.0. The maximum atomic E-state index is 9.10. The van der Waals surface area contributed by atoms with E-state index in [1.807, 2.05) is 61.5 Å². The quantitative estimate of drug-likeness (QED) is 0.330. The summed E-state index contributed by atoms with van der Waals surface area (Å²) in [7, 11) is 0. The van der Waals surface area contributed by atoms with E-state index in [2.05, 4.69) is 47.4 Å². The Morgan fingerprint density at radius 2 is 1.38 bits per heavy atom. The molecular formula is C26H18N2O. The van der Waals surface area contributed by atoms with Crippen molar-refractivity contribution in [2.45, 2.75) is 6.92 Å². The van der Waals surface area contributed by atoms with Gasteiger partial charge in [-0.1, -0.05) is 42.5 Å². The van der Waals surface area contributed by atoms with Crippen molar-refractivity contribution in [3.63, 3.8) is 0 Å². The maximum Gasteiger partial charge on any atom is 0.151 e. The molecule has 4 aromatic carbocycles. The van der Waals surface area contributed by atoms with Gasteiger partial charge in [-0.3, -0.25) is 0 Å². The largest absolute Gasteiger partial charge is 0.453 e. The summed E-state index contributed by atoms with van der Waals surface area (Å²) >= 11 is 0. The van der Waals surface area contributed by atoms with Crippen LogP contribution in [0.25, 0.3) is 11.1 Å². The summed E-state index contributed by atoms with van der Waals surface area (Å²) in [4.78, 5) is 2.23. The van der Waals surface area contributed by atoms with Crippen molar-refractivity contribution in [3.05, 3.63) is 102 Å². The smallest absolute Gasteiger partial charge is 0.151 e. The van der Waals surface area contributed by atoms with Gasteiger partial charge in [0.2, 0.25) is 0 Å². The van der Waals surface area contributed by atoms with E-state index in [0.717, 1.165) is 45.3 Å². The van der Waals surface area contributed by atoms with Crippen LogP contribution in [0.15, 0.2) is 91.0 Å². The lowest BCUT2D eigenvalue weighted by molar-refractivity contribution is 0.477. The van der Waals surface area contributed by atoms with Gasteiger partial charge in [0.25, 0.3) is 0 Å². The van der Waals surface area contributed by atoms with E-state index in [9.17, 15) is 0 Å². The third-order valence-corrected chi connectivity index (χ3v) is 5.22. The maximum absolute atomic E-state index is 9.10. The molecule has 0 unspecified atom stereocenters. The third kappa shape index (κ3) is 2.92. The minimum absolute atomic E-state index is 0.685. The fourth-order valence-corrected chi connectivity index (χ4v) is 3.83. The number of nitriles is 1. The average Bonchev–Trinajstić information content (AvgIpc) is 2.77. The second-order valence-corrected chi connectivity index (χ2v) is 7.06. The zero-order valence-electron chi connectivity index (χ0n) is 16.0. The minimum atomic E-state index is 0.685. The van der Waals surface area contributed by atoms with Crippen molar-refractivity contribution < 1.29 is 4.74 Å². The molecule has 1 aliphatic heterocycles. The highest BCUT2D eigenvalue weighted by Crippen LogP contribution is 2.50. The van der Waals surface area contributed by atoms with Gasteiger partial charge in [-0.2, -0.15) is 5.26 Å². The fraction of sp³-hybridized carbons (Fsp3) is 0.0385. The summed E-state index contributed by atoms with van der Waals surface area (Å²) < 4.78 is 6.09. The van der Waals surface area contributed by atoms with E-state index >= 15 is 0 Å². The summed E-state index contributed by atoms with van der Waals surface area (Å²) in [6, 6.07) is 32.7. The number of hydrogen-bond acceptors (Lipinski definition) is 3. The van der Waals surface area contributed by atoms with E-state index in [-0.39, 0.29) is 0 Å². The van der Waals surface area contributed by atoms with Crippen LogP contribution >= 0.6 is 0 Å². The monoisotopic (exact) mass is 374 g/mol. The highest BCUT2D eigenvalue weighted by Gasteiger charge is 2.25. The van der Waals surface area contributed by atoms with Gasteiger partial charge in [0, 0.05) is 5.69 Å². The molecule has 0 N–H and O–H groups in total. The van der Waals surface area contributed by atoms with E-state index in [1.165, 1.54) is 0 Å². The zero-order chi connectivity index (χ0) is 19.8. The van der Waals surface area contributed by atoms with Gasteiger partial charge in [-0.25, -0.2) is 0 Å². The molecule has 0 spiro atoms. The van der Waals surface area contributed by atoms with Crippen molar-refractivity contribution >= 4 is 17.1 Å². The van der Waals surface area contributed by atoms with Crippen LogP contribution in [-0.2, 0) is 0 Å². The fourth-order valence-electron chi connectivity index (χ4n) is 3.83. The van der Waals surface area contributed by atoms with Crippen LogP contribution in [-0.4, -0.2) is 0 Å². The Balaban J connectivity index is 1.59. The minimum Gasteiger partial charge on any atom is -0.453 e. The molecule has 0 atom stereocenters. The van der Waals surface area contributed by atoms with E-state index in [0.29, 0.717) is 5.56 Å². The molecule has 3 heteroatoms. The molecule has 0 aliphatic carbocycles. The molecule has 0 aromatic heterocycles. The number of nitrogens with zero attached hydrogens (tertiary/aromatic N) is 2. The molecule has 5 rings (SSSR count). The Morgan fingerprint density at radius 1 is 0.759 bits per heavy atom. The van der Waals surface area contributed by atoms with E-state index in [1.54, 1.807) is 0 Å². The van der Waals surface area contributed by atoms with Gasteiger partial charge < -0.3 is 9.64 Å². The number of benzene rings is 4. The molecule has 0 amide bonds. The summed E-state index contributed by atoms with van der Waals surface area (Å²) in [5.41, 5.74) is 7.16. The van der Waals surface area contributed by atoms with Crippen molar-refractivity contribution in [2.75, 3.05) is 4.90 Å². The number of rotatable bonds is 2. The van der Waals surface area contributed by atoms with Crippen LogP contribution < -0.4 is 9.64 Å². The lowest BCUT2D eigenvalue weighted by Gasteiger charge is -2.32. The Bertz CT molecular complexity index is 1210. The molecule has 3 nitrogen and oxygen atoms in total. The van der Waals surface area contributed by atoms with Crippen LogP contribution in [0, 0.1) is 18.3 Å². The summed E-state index contributed by atoms with van der Waals surface area (Å²) in [6.45, 7) is 2.04. The highest BCUT2D eigenvalue weighted by atomic mass is 16.5. The van der Waals surface area contributed by atoms with Crippen LogP contribution in [0.3, 0.4) is 0 Å². The number of fused-ring (bicyclic) bond motifs is 2. The first kappa shape index (κ1) is 17.1. The van der Waals surface area contributed by atoms with E-state index in [4.69, 9.17) is 10.00 Å². The molecule has 1 aliphatic rings. The van der Waals surface area contributed by atoms with E-state index < -0.39 is 0 Å². The molecule has 0 fully saturated rings. The number of para-hydroxylation sites is 4. The normalized spacial score (nSPS) is 11.8. The molecule has 0 saturated carbocycles. The van der Waals surface area contributed by atoms with Gasteiger partial charge in [0.1, 0.15) is 0 Å². The predicted octanol–water partition coefficient (Wildman–Crippen LogP) is 7.11. The molecule has 0 bridgehead atoms. The molecule has 1 heterocycles. The van der Waals surface area contributed by atoms with Gasteiger partial charge in [0.15, 0.2) is 11.5 Å². The lowest BCUT2D eigenvalue weighted by Crippen LogP contribution is -2.15. The summed E-state index contributed by atoms with van der Waals surface area (Å²) in [5.74, 6) is 1.69. The molecule has 138 valence electrons. The van der Waals surface area contributed by atoms with Gasteiger partial charge in [-0.15, -0.1) is 0 Å². The number of hydrogen-bond donors (Lipinski definition) is 0. The lowest BCUT2D eigenvalue weighted by atomic mass is 9.98. The first-order valence-corrected chi connectivity index (χ1v) is 9.52. The van der Waals surface area contributed by atoms with Crippen LogP contribution in [0.1, 0.15) is 11.1 Å². The molecular weight excluding hydrogens is 356 g/mol. The third-order valence-electron chi connectivity index (χ3n) is 5.22. The van der Waals surface area contributed by atoms with Crippen molar-refractivity contribution in [3.8, 4) is 28.7 Å². The second kappa shape index (κ2) is 6.85. The van der Waals surface area contributed by atoms with Gasteiger partial charge in [-0.05, 0) is 72.1 Å². The Hall–Kier alpha value is -4.03. The summed E-state index contributed by atoms with van der Waals surface area (Å²) in [5, 5.41) is 9.10. The standard InChI is InChI=1S/C26H18N2O/c1-18-16-19(17-27)10-15-22(18)20-11-13-21(14-12-20)28-23-6-2-4-8-25(23)29-26-9-5-3-7-24(26)28/h2-16H,1H3. The first-order valence-electron chi connectivity index (χ1n) is 9.52. The van der Waals surface area contributed by atoms with Gasteiger partial charge in [0.05, 0.1) is 23.0 Å². The number of ether oxygens (including phenoxy) is 1. The average molecular weight is 374 g/mol. The second-order valence-electron chi connectivity index (χ2n) is 7.06. The molecule has 4 aromatic rings. The molecule has 0 saturated heterocycles. The van der Waals surface area contributed by atoms with Crippen molar-refractivity contribution in [2.24, 2.45) is 0 Å². The van der Waals surface area contributed by atoms with Crippen molar-refractivity contribution in [1.82, 2.24) is 0 Å². The van der Waals surface area contributed by atoms with Crippen LogP contribution in [0.5, 0.6) is 11.5 Å². The number of aryl methyl sites for hydroxylation is 1. The number of anilines is 3. The molecule has 0 radical (unpaired) electrons. The first-order chi connectivity index (χ1) is 14.2. The Kier molecular flexibility index (Phi) is 4.04.